The topological polar surface area (TPSA) is 70.0 Å². The summed E-state index contributed by atoms with van der Waals surface area (Å²) in [5.41, 5.74) is 3.00. The molecule has 2 aromatic rings. The van der Waals surface area contributed by atoms with E-state index in [0.717, 1.165) is 11.3 Å². The smallest absolute Gasteiger partial charge is 0.175 e. The lowest BCUT2D eigenvalue weighted by Gasteiger charge is -2.09. The summed E-state index contributed by atoms with van der Waals surface area (Å²) >= 11 is 0. The molecule has 0 unspecified atom stereocenters. The molecule has 2 aromatic carbocycles. The Morgan fingerprint density at radius 1 is 1.10 bits per heavy atom. The second-order valence-corrected chi connectivity index (χ2v) is 6.60. The van der Waals surface area contributed by atoms with Crippen LogP contribution in [0.3, 0.4) is 0 Å². The number of nitrogens with one attached hydrogen (secondary N) is 1. The summed E-state index contributed by atoms with van der Waals surface area (Å²) in [5.74, 6) is 0. The van der Waals surface area contributed by atoms with Crippen LogP contribution in [0, 0.1) is 18.3 Å². The van der Waals surface area contributed by atoms with E-state index in [4.69, 9.17) is 5.26 Å². The largest absolute Gasteiger partial charge is 0.354 e. The second-order valence-electron chi connectivity index (χ2n) is 4.58. The molecule has 0 fully saturated rings. The average Bonchev–Trinajstić information content (AvgIpc) is 2.40. The Bertz CT molecular complexity index is 773. The molecule has 0 amide bonds. The second kappa shape index (κ2) is 5.35. The van der Waals surface area contributed by atoms with Gasteiger partial charge in [0.05, 0.1) is 16.1 Å². The van der Waals surface area contributed by atoms with Gasteiger partial charge in [-0.05, 0) is 48.9 Å². The lowest BCUT2D eigenvalue weighted by atomic mass is 10.1. The molecule has 5 heteroatoms. The molecule has 20 heavy (non-hydrogen) atoms. The lowest BCUT2D eigenvalue weighted by molar-refractivity contribution is 0.602. The highest BCUT2D eigenvalue weighted by molar-refractivity contribution is 7.90. The minimum absolute atomic E-state index is 0.271. The van der Waals surface area contributed by atoms with Gasteiger partial charge in [-0.3, -0.25) is 0 Å². The van der Waals surface area contributed by atoms with Crippen LogP contribution in [0.2, 0.25) is 0 Å². The fraction of sp³-hybridized carbons (Fsp3) is 0.133. The van der Waals surface area contributed by atoms with E-state index in [-0.39, 0.29) is 4.90 Å². The summed E-state index contributed by atoms with van der Waals surface area (Å²) in [6, 6.07) is 14.1. The molecule has 0 saturated carbocycles. The van der Waals surface area contributed by atoms with Crippen LogP contribution in [0.25, 0.3) is 0 Å². The highest BCUT2D eigenvalue weighted by Gasteiger charge is 2.07. The quantitative estimate of drug-likeness (QED) is 0.941. The van der Waals surface area contributed by atoms with E-state index in [0.29, 0.717) is 11.3 Å². The summed E-state index contributed by atoms with van der Waals surface area (Å²) in [4.78, 5) is 0.271. The molecule has 0 aliphatic heterocycles. The van der Waals surface area contributed by atoms with Crippen molar-refractivity contribution >= 4 is 21.2 Å². The molecule has 102 valence electrons. The maximum Gasteiger partial charge on any atom is 0.175 e. The maximum absolute atomic E-state index is 11.4. The molecule has 0 aromatic heterocycles. The van der Waals surface area contributed by atoms with Crippen molar-refractivity contribution in [1.29, 1.82) is 5.26 Å². The van der Waals surface area contributed by atoms with E-state index in [2.05, 4.69) is 11.4 Å². The number of benzene rings is 2. The van der Waals surface area contributed by atoms with Crippen LogP contribution in [0.4, 0.5) is 11.4 Å². The van der Waals surface area contributed by atoms with Gasteiger partial charge in [-0.15, -0.1) is 0 Å². The number of anilines is 2. The first-order valence-corrected chi connectivity index (χ1v) is 7.87. The fourth-order valence-electron chi connectivity index (χ4n) is 1.80. The van der Waals surface area contributed by atoms with Gasteiger partial charge in [0, 0.05) is 11.9 Å². The van der Waals surface area contributed by atoms with Crippen molar-refractivity contribution in [3.8, 4) is 6.07 Å². The summed E-state index contributed by atoms with van der Waals surface area (Å²) in [6.45, 7) is 1.92. The SMILES string of the molecule is Cc1ccc(Nc2ccc(S(C)(=O)=O)cc2)c(C#N)c1. The number of hydrogen-bond acceptors (Lipinski definition) is 4. The molecule has 0 bridgehead atoms. The van der Waals surface area contributed by atoms with E-state index in [1.165, 1.54) is 18.4 Å². The van der Waals surface area contributed by atoms with Gasteiger partial charge in [-0.25, -0.2) is 8.42 Å². The lowest BCUT2D eigenvalue weighted by Crippen LogP contribution is -1.98. The van der Waals surface area contributed by atoms with Crippen molar-refractivity contribution in [3.63, 3.8) is 0 Å². The minimum Gasteiger partial charge on any atom is -0.354 e. The number of sulfone groups is 1. The van der Waals surface area contributed by atoms with Crippen LogP contribution < -0.4 is 5.32 Å². The third-order valence-corrected chi connectivity index (χ3v) is 3.99. The van der Waals surface area contributed by atoms with Crippen molar-refractivity contribution in [2.45, 2.75) is 11.8 Å². The van der Waals surface area contributed by atoms with Gasteiger partial charge < -0.3 is 5.32 Å². The van der Waals surface area contributed by atoms with Crippen molar-refractivity contribution in [3.05, 3.63) is 53.6 Å². The first kappa shape index (κ1) is 14.1. The van der Waals surface area contributed by atoms with Gasteiger partial charge in [-0.1, -0.05) is 6.07 Å². The third-order valence-electron chi connectivity index (χ3n) is 2.86. The van der Waals surface area contributed by atoms with E-state index in [1.807, 2.05) is 19.1 Å². The zero-order chi connectivity index (χ0) is 14.8. The van der Waals surface area contributed by atoms with E-state index in [1.54, 1.807) is 18.2 Å². The zero-order valence-electron chi connectivity index (χ0n) is 11.2. The Hall–Kier alpha value is -2.32. The third kappa shape index (κ3) is 3.16. The monoisotopic (exact) mass is 286 g/mol. The Kier molecular flexibility index (Phi) is 3.77. The van der Waals surface area contributed by atoms with E-state index < -0.39 is 9.84 Å². The predicted octanol–water partition coefficient (Wildman–Crippen LogP) is 3.01. The first-order chi connectivity index (χ1) is 9.40. The van der Waals surface area contributed by atoms with Gasteiger partial charge in [0.25, 0.3) is 0 Å². The highest BCUT2D eigenvalue weighted by atomic mass is 32.2. The maximum atomic E-state index is 11.4. The summed E-state index contributed by atoms with van der Waals surface area (Å²) in [5, 5.41) is 12.2. The molecule has 0 aliphatic carbocycles. The number of hydrogen-bond donors (Lipinski definition) is 1. The average molecular weight is 286 g/mol. The first-order valence-electron chi connectivity index (χ1n) is 5.98. The molecule has 0 radical (unpaired) electrons. The molecular weight excluding hydrogens is 272 g/mol. The van der Waals surface area contributed by atoms with Crippen LogP contribution in [-0.2, 0) is 9.84 Å². The molecule has 0 atom stereocenters. The molecule has 2 rings (SSSR count). The Labute approximate surface area is 118 Å². The molecule has 0 aliphatic rings. The van der Waals surface area contributed by atoms with Gasteiger partial charge in [0.2, 0.25) is 0 Å². The molecule has 0 spiro atoms. The molecule has 0 heterocycles. The van der Waals surface area contributed by atoms with Gasteiger partial charge in [0.1, 0.15) is 6.07 Å². The van der Waals surface area contributed by atoms with Gasteiger partial charge in [0.15, 0.2) is 9.84 Å². The van der Waals surface area contributed by atoms with Gasteiger partial charge in [-0.2, -0.15) is 5.26 Å². The van der Waals surface area contributed by atoms with Crippen LogP contribution in [0.5, 0.6) is 0 Å². The summed E-state index contributed by atoms with van der Waals surface area (Å²) in [6.07, 6.45) is 1.17. The highest BCUT2D eigenvalue weighted by Crippen LogP contribution is 2.22. The zero-order valence-corrected chi connectivity index (χ0v) is 12.0. The fourth-order valence-corrected chi connectivity index (χ4v) is 2.43. The van der Waals surface area contributed by atoms with E-state index >= 15 is 0 Å². The summed E-state index contributed by atoms with van der Waals surface area (Å²) in [7, 11) is -3.19. The van der Waals surface area contributed by atoms with Crippen LogP contribution >= 0.6 is 0 Å². The Morgan fingerprint density at radius 3 is 2.30 bits per heavy atom. The number of nitrogens with zero attached hydrogens (tertiary/aromatic N) is 1. The van der Waals surface area contributed by atoms with Crippen LogP contribution in [0.1, 0.15) is 11.1 Å². The standard InChI is InChI=1S/C15H14N2O2S/c1-11-3-8-15(12(9-11)10-16)17-13-4-6-14(7-5-13)20(2,18)19/h3-9,17H,1-2H3. The van der Waals surface area contributed by atoms with Crippen molar-refractivity contribution in [2.24, 2.45) is 0 Å². The minimum atomic E-state index is -3.19. The molecule has 4 nitrogen and oxygen atoms in total. The normalized spacial score (nSPS) is 10.8. The Morgan fingerprint density at radius 2 is 1.75 bits per heavy atom. The Balaban J connectivity index is 2.30. The number of rotatable bonds is 3. The number of aryl methyl sites for hydroxylation is 1. The van der Waals surface area contributed by atoms with Crippen molar-refractivity contribution in [1.82, 2.24) is 0 Å². The van der Waals surface area contributed by atoms with E-state index in [9.17, 15) is 8.42 Å². The van der Waals surface area contributed by atoms with Crippen molar-refractivity contribution < 1.29 is 8.42 Å². The molecule has 1 N–H and O–H groups in total. The molecule has 0 saturated heterocycles. The number of nitriles is 1. The predicted molar refractivity (Wildman–Crippen MR) is 78.7 cm³/mol. The van der Waals surface area contributed by atoms with Crippen LogP contribution in [-0.4, -0.2) is 14.7 Å². The molecular formula is C15H14N2O2S. The van der Waals surface area contributed by atoms with Crippen molar-refractivity contribution in [2.75, 3.05) is 11.6 Å². The van der Waals surface area contributed by atoms with Crippen LogP contribution in [0.15, 0.2) is 47.4 Å². The summed E-state index contributed by atoms with van der Waals surface area (Å²) < 4.78 is 22.8. The van der Waals surface area contributed by atoms with Gasteiger partial charge >= 0.3 is 0 Å².